The van der Waals surface area contributed by atoms with Crippen molar-refractivity contribution in [1.29, 1.82) is 0 Å². The number of methoxy groups -OCH3 is 1. The Hall–Kier alpha value is -1.59. The summed E-state index contributed by atoms with van der Waals surface area (Å²) < 4.78 is 4.54. The molecule has 1 aliphatic heterocycles. The summed E-state index contributed by atoms with van der Waals surface area (Å²) >= 11 is 0. The van der Waals surface area contributed by atoms with Gasteiger partial charge in [-0.1, -0.05) is 13.8 Å². The molecular weight excluding hydrogens is 248 g/mol. The molecule has 6 nitrogen and oxygen atoms in total. The van der Waals surface area contributed by atoms with Crippen LogP contribution >= 0.6 is 0 Å². The van der Waals surface area contributed by atoms with Crippen molar-refractivity contribution in [1.82, 2.24) is 10.2 Å². The number of nitrogens with one attached hydrogen (secondary N) is 1. The Morgan fingerprint density at radius 2 is 2.05 bits per heavy atom. The zero-order valence-electron chi connectivity index (χ0n) is 11.9. The lowest BCUT2D eigenvalue weighted by Gasteiger charge is -2.36. The number of carbonyl (C=O) groups is 3. The molecule has 1 saturated heterocycles. The van der Waals surface area contributed by atoms with Crippen LogP contribution in [0.4, 0.5) is 4.79 Å². The van der Waals surface area contributed by atoms with Gasteiger partial charge in [-0.3, -0.25) is 9.59 Å². The highest BCUT2D eigenvalue weighted by molar-refractivity contribution is 5.88. The Kier molecular flexibility index (Phi) is 5.32. The van der Waals surface area contributed by atoms with Crippen molar-refractivity contribution in [3.8, 4) is 0 Å². The highest BCUT2D eigenvalue weighted by Crippen LogP contribution is 2.17. The smallest absolute Gasteiger partial charge is 0.407 e. The first-order chi connectivity index (χ1) is 8.86. The molecule has 2 atom stereocenters. The maximum atomic E-state index is 12.5. The SMILES string of the molecule is COC(=O)NC(C(=O)N1CCC(=O)C[C@H]1C)C(C)C. The third-order valence-corrected chi connectivity index (χ3v) is 3.36. The molecule has 1 rings (SSSR count). The Labute approximate surface area is 113 Å². The highest BCUT2D eigenvalue weighted by atomic mass is 16.5. The van der Waals surface area contributed by atoms with E-state index in [2.05, 4.69) is 10.1 Å². The molecular formula is C13H22N2O4. The van der Waals surface area contributed by atoms with Crippen LogP contribution in [0.3, 0.4) is 0 Å². The molecule has 0 saturated carbocycles. The lowest BCUT2D eigenvalue weighted by atomic mass is 9.97. The van der Waals surface area contributed by atoms with E-state index in [1.54, 1.807) is 4.90 Å². The molecule has 0 aromatic heterocycles. The van der Waals surface area contributed by atoms with Crippen LogP contribution in [0.15, 0.2) is 0 Å². The molecule has 1 fully saturated rings. The largest absolute Gasteiger partial charge is 0.453 e. The number of ketones is 1. The van der Waals surface area contributed by atoms with Gasteiger partial charge in [-0.2, -0.15) is 0 Å². The van der Waals surface area contributed by atoms with E-state index in [9.17, 15) is 14.4 Å². The number of piperidine rings is 1. The maximum absolute atomic E-state index is 12.5. The minimum absolute atomic E-state index is 0.0450. The van der Waals surface area contributed by atoms with E-state index in [4.69, 9.17) is 0 Å². The first-order valence-electron chi connectivity index (χ1n) is 6.53. The van der Waals surface area contributed by atoms with E-state index in [0.29, 0.717) is 19.4 Å². The van der Waals surface area contributed by atoms with E-state index in [1.165, 1.54) is 7.11 Å². The lowest BCUT2D eigenvalue weighted by Crippen LogP contribution is -2.55. The highest BCUT2D eigenvalue weighted by Gasteiger charge is 2.34. The van der Waals surface area contributed by atoms with Crippen molar-refractivity contribution in [3.63, 3.8) is 0 Å². The number of hydrogen-bond donors (Lipinski definition) is 1. The third-order valence-electron chi connectivity index (χ3n) is 3.36. The van der Waals surface area contributed by atoms with Gasteiger partial charge in [-0.15, -0.1) is 0 Å². The summed E-state index contributed by atoms with van der Waals surface area (Å²) in [5.74, 6) is -0.0181. The topological polar surface area (TPSA) is 75.7 Å². The summed E-state index contributed by atoms with van der Waals surface area (Å²) in [7, 11) is 1.26. The molecule has 0 bridgehead atoms. The average molecular weight is 270 g/mol. The quantitative estimate of drug-likeness (QED) is 0.828. The third kappa shape index (κ3) is 3.94. The minimum atomic E-state index is -0.622. The zero-order chi connectivity index (χ0) is 14.6. The molecule has 0 aromatic rings. The number of likely N-dealkylation sites (tertiary alicyclic amines) is 1. The number of nitrogens with zero attached hydrogens (tertiary/aromatic N) is 1. The van der Waals surface area contributed by atoms with Gasteiger partial charge in [-0.05, 0) is 12.8 Å². The first-order valence-corrected chi connectivity index (χ1v) is 6.53. The molecule has 1 unspecified atom stereocenters. The molecule has 6 heteroatoms. The van der Waals surface area contributed by atoms with Crippen molar-refractivity contribution in [2.45, 2.75) is 45.7 Å². The van der Waals surface area contributed by atoms with Crippen LogP contribution in [0.2, 0.25) is 0 Å². The van der Waals surface area contributed by atoms with Crippen LogP contribution in [0.25, 0.3) is 0 Å². The molecule has 1 N–H and O–H groups in total. The summed E-state index contributed by atoms with van der Waals surface area (Å²) in [5, 5.41) is 2.56. The van der Waals surface area contributed by atoms with Crippen molar-refractivity contribution < 1.29 is 19.1 Å². The number of amides is 2. The van der Waals surface area contributed by atoms with Crippen LogP contribution in [0.1, 0.15) is 33.6 Å². The van der Waals surface area contributed by atoms with Gasteiger partial charge in [0.2, 0.25) is 5.91 Å². The van der Waals surface area contributed by atoms with Crippen molar-refractivity contribution in [2.75, 3.05) is 13.7 Å². The second kappa shape index (κ2) is 6.54. The van der Waals surface area contributed by atoms with Gasteiger partial charge in [0.1, 0.15) is 11.8 Å². The van der Waals surface area contributed by atoms with Crippen LogP contribution < -0.4 is 5.32 Å². The fourth-order valence-electron chi connectivity index (χ4n) is 2.21. The van der Waals surface area contributed by atoms with Crippen LogP contribution in [0, 0.1) is 5.92 Å². The molecule has 0 radical (unpaired) electrons. The Morgan fingerprint density at radius 1 is 1.42 bits per heavy atom. The standard InChI is InChI=1S/C13H22N2O4/c1-8(2)11(14-13(18)19-4)12(17)15-6-5-10(16)7-9(15)3/h8-9,11H,5-7H2,1-4H3,(H,14,18)/t9-,11?/m1/s1. The predicted octanol–water partition coefficient (Wildman–Crippen LogP) is 0.947. The normalized spacial score (nSPS) is 21.2. The first kappa shape index (κ1) is 15.5. The molecule has 0 aliphatic carbocycles. The lowest BCUT2D eigenvalue weighted by molar-refractivity contribution is -0.140. The minimum Gasteiger partial charge on any atom is -0.453 e. The van der Waals surface area contributed by atoms with E-state index in [1.807, 2.05) is 20.8 Å². The van der Waals surface area contributed by atoms with Gasteiger partial charge in [0, 0.05) is 25.4 Å². The number of rotatable bonds is 3. The molecule has 1 heterocycles. The fraction of sp³-hybridized carbons (Fsp3) is 0.769. The molecule has 19 heavy (non-hydrogen) atoms. The van der Waals surface area contributed by atoms with Gasteiger partial charge < -0.3 is 15.0 Å². The number of ether oxygens (including phenoxy) is 1. The Morgan fingerprint density at radius 3 is 2.53 bits per heavy atom. The van der Waals surface area contributed by atoms with Gasteiger partial charge in [0.15, 0.2) is 0 Å². The molecule has 0 aromatic carbocycles. The van der Waals surface area contributed by atoms with Crippen LogP contribution in [-0.2, 0) is 14.3 Å². The Bertz CT molecular complexity index is 368. The van der Waals surface area contributed by atoms with Crippen molar-refractivity contribution in [3.05, 3.63) is 0 Å². The van der Waals surface area contributed by atoms with Crippen molar-refractivity contribution in [2.24, 2.45) is 5.92 Å². The summed E-state index contributed by atoms with van der Waals surface area (Å²) in [6, 6.07) is -0.738. The van der Waals surface area contributed by atoms with Gasteiger partial charge in [0.05, 0.1) is 7.11 Å². The average Bonchev–Trinajstić information content (AvgIpc) is 2.34. The molecule has 108 valence electrons. The number of hydrogen-bond acceptors (Lipinski definition) is 4. The number of Topliss-reactive ketones (excluding diaryl/α,β-unsaturated/α-hetero) is 1. The summed E-state index contributed by atoms with van der Waals surface area (Å²) in [6.07, 6.45) is 0.154. The van der Waals surface area contributed by atoms with Gasteiger partial charge >= 0.3 is 6.09 Å². The molecule has 1 aliphatic rings. The summed E-state index contributed by atoms with van der Waals surface area (Å²) in [5.41, 5.74) is 0. The summed E-state index contributed by atoms with van der Waals surface area (Å²) in [4.78, 5) is 36.8. The molecule has 0 spiro atoms. The monoisotopic (exact) mass is 270 g/mol. The fourth-order valence-corrected chi connectivity index (χ4v) is 2.21. The summed E-state index contributed by atoms with van der Waals surface area (Å²) in [6.45, 7) is 5.99. The van der Waals surface area contributed by atoms with E-state index < -0.39 is 12.1 Å². The van der Waals surface area contributed by atoms with Crippen LogP contribution in [-0.4, -0.2) is 48.4 Å². The number of alkyl carbamates (subject to hydrolysis) is 1. The van der Waals surface area contributed by atoms with E-state index in [-0.39, 0.29) is 23.7 Å². The second-order valence-corrected chi connectivity index (χ2v) is 5.23. The zero-order valence-corrected chi connectivity index (χ0v) is 11.9. The van der Waals surface area contributed by atoms with Gasteiger partial charge in [0.25, 0.3) is 0 Å². The number of carbonyl (C=O) groups excluding carboxylic acids is 3. The predicted molar refractivity (Wildman–Crippen MR) is 69.6 cm³/mol. The van der Waals surface area contributed by atoms with Crippen LogP contribution in [0.5, 0.6) is 0 Å². The van der Waals surface area contributed by atoms with E-state index in [0.717, 1.165) is 0 Å². The van der Waals surface area contributed by atoms with Gasteiger partial charge in [-0.25, -0.2) is 4.79 Å². The van der Waals surface area contributed by atoms with Crippen molar-refractivity contribution >= 4 is 17.8 Å². The second-order valence-electron chi connectivity index (χ2n) is 5.23. The Balaban J connectivity index is 2.76. The maximum Gasteiger partial charge on any atom is 0.407 e. The molecule has 2 amide bonds. The van der Waals surface area contributed by atoms with E-state index >= 15 is 0 Å².